The summed E-state index contributed by atoms with van der Waals surface area (Å²) in [5, 5.41) is 12.4. The Hall–Kier alpha value is -2.57. The minimum absolute atomic E-state index is 0.138. The molecule has 0 aliphatic carbocycles. The summed E-state index contributed by atoms with van der Waals surface area (Å²) in [5.74, 6) is -0.348. The predicted molar refractivity (Wildman–Crippen MR) is 76.1 cm³/mol. The number of halogens is 1. The zero-order valence-electron chi connectivity index (χ0n) is 12.6. The molecule has 0 bridgehead atoms. The molecule has 1 aromatic heterocycles. The number of methoxy groups -OCH3 is 2. The Bertz CT molecular complexity index is 702. The average molecular weight is 309 g/mol. The highest BCUT2D eigenvalue weighted by Crippen LogP contribution is 2.41. The third kappa shape index (κ3) is 2.88. The van der Waals surface area contributed by atoms with Crippen molar-refractivity contribution in [3.05, 3.63) is 29.5 Å². The number of alkyl halides is 1. The maximum Gasteiger partial charge on any atom is 0.358 e. The molecule has 0 amide bonds. The second kappa shape index (κ2) is 5.67. The topological polar surface area (TPSA) is 81.8 Å². The number of hydrogen-bond donors (Lipinski definition) is 1. The first-order valence-corrected chi connectivity index (χ1v) is 6.43. The van der Waals surface area contributed by atoms with Crippen molar-refractivity contribution < 1.29 is 28.3 Å². The summed E-state index contributed by atoms with van der Waals surface area (Å²) in [6, 6.07) is 4.26. The van der Waals surface area contributed by atoms with Crippen LogP contribution in [0.3, 0.4) is 0 Å². The average Bonchev–Trinajstić information content (AvgIpc) is 2.94. The van der Waals surface area contributed by atoms with E-state index < -0.39 is 11.6 Å². The third-order valence-electron chi connectivity index (χ3n) is 3.16. The van der Waals surface area contributed by atoms with E-state index in [1.807, 2.05) is 0 Å². The lowest BCUT2D eigenvalue weighted by molar-refractivity contribution is 0.0685. The van der Waals surface area contributed by atoms with Crippen LogP contribution in [0.2, 0.25) is 0 Å². The SMILES string of the molecule is COc1cc(-c2cc(C(=O)O)no2)c(C(C)(C)F)cc1OC. The summed E-state index contributed by atoms with van der Waals surface area (Å²) >= 11 is 0. The van der Waals surface area contributed by atoms with Gasteiger partial charge in [0, 0.05) is 17.2 Å². The van der Waals surface area contributed by atoms with Gasteiger partial charge in [-0.2, -0.15) is 0 Å². The molecular weight excluding hydrogens is 293 g/mol. The zero-order valence-corrected chi connectivity index (χ0v) is 12.6. The number of rotatable bonds is 5. The molecule has 0 aliphatic heterocycles. The van der Waals surface area contributed by atoms with E-state index in [9.17, 15) is 9.18 Å². The Balaban J connectivity index is 2.68. The molecule has 0 radical (unpaired) electrons. The summed E-state index contributed by atoms with van der Waals surface area (Å²) in [6.45, 7) is 2.76. The summed E-state index contributed by atoms with van der Waals surface area (Å²) in [6.07, 6.45) is 0. The van der Waals surface area contributed by atoms with Crippen LogP contribution in [0, 0.1) is 0 Å². The number of carboxylic acids is 1. The molecule has 0 fully saturated rings. The monoisotopic (exact) mass is 309 g/mol. The molecule has 0 spiro atoms. The Morgan fingerprint density at radius 2 is 1.82 bits per heavy atom. The first-order valence-electron chi connectivity index (χ1n) is 6.43. The molecule has 1 aromatic carbocycles. The standard InChI is InChI=1S/C15H16FNO5/c1-15(2,16)9-6-13(21-4)12(20-3)5-8(9)11-7-10(14(18)19)17-22-11/h5-7H,1-4H3,(H,18,19). The van der Waals surface area contributed by atoms with E-state index in [0.717, 1.165) is 0 Å². The van der Waals surface area contributed by atoms with Crippen molar-refractivity contribution in [1.82, 2.24) is 5.16 Å². The van der Waals surface area contributed by atoms with E-state index in [1.54, 1.807) is 0 Å². The summed E-state index contributed by atoms with van der Waals surface area (Å²) in [7, 11) is 2.90. The minimum atomic E-state index is -1.70. The van der Waals surface area contributed by atoms with Gasteiger partial charge in [-0.3, -0.25) is 0 Å². The van der Waals surface area contributed by atoms with Crippen molar-refractivity contribution in [2.45, 2.75) is 19.5 Å². The number of benzene rings is 1. The van der Waals surface area contributed by atoms with Gasteiger partial charge in [0.2, 0.25) is 0 Å². The van der Waals surface area contributed by atoms with E-state index in [1.165, 1.54) is 46.3 Å². The zero-order chi connectivity index (χ0) is 16.5. The van der Waals surface area contributed by atoms with E-state index in [2.05, 4.69) is 5.16 Å². The molecule has 0 aliphatic rings. The van der Waals surface area contributed by atoms with E-state index >= 15 is 0 Å². The molecule has 0 unspecified atom stereocenters. The second-order valence-electron chi connectivity index (χ2n) is 5.11. The van der Waals surface area contributed by atoms with Gasteiger partial charge in [-0.05, 0) is 26.0 Å². The molecule has 0 saturated heterocycles. The second-order valence-corrected chi connectivity index (χ2v) is 5.11. The van der Waals surface area contributed by atoms with Crippen molar-refractivity contribution >= 4 is 5.97 Å². The van der Waals surface area contributed by atoms with Gasteiger partial charge in [0.25, 0.3) is 0 Å². The van der Waals surface area contributed by atoms with Gasteiger partial charge in [0.1, 0.15) is 5.67 Å². The third-order valence-corrected chi connectivity index (χ3v) is 3.16. The first-order chi connectivity index (χ1) is 10.3. The first kappa shape index (κ1) is 15.8. The van der Waals surface area contributed by atoms with Gasteiger partial charge >= 0.3 is 5.97 Å². The number of carbonyl (C=O) groups is 1. The molecule has 2 rings (SSSR count). The predicted octanol–water partition coefficient (Wildman–Crippen LogP) is 3.26. The lowest BCUT2D eigenvalue weighted by Crippen LogP contribution is -2.11. The normalized spacial score (nSPS) is 11.3. The van der Waals surface area contributed by atoms with E-state index in [-0.39, 0.29) is 17.0 Å². The van der Waals surface area contributed by atoms with Crippen LogP contribution in [0.4, 0.5) is 4.39 Å². The fraction of sp³-hybridized carbons (Fsp3) is 0.333. The molecular formula is C15H16FNO5. The Kier molecular flexibility index (Phi) is 4.07. The number of aromatic carboxylic acids is 1. The summed E-state index contributed by atoms with van der Waals surface area (Å²) in [4.78, 5) is 10.9. The largest absolute Gasteiger partial charge is 0.493 e. The van der Waals surface area contributed by atoms with Crippen LogP contribution in [0.1, 0.15) is 29.9 Å². The van der Waals surface area contributed by atoms with Gasteiger partial charge in [0.15, 0.2) is 23.0 Å². The summed E-state index contributed by atoms with van der Waals surface area (Å²) < 4.78 is 29.9. The molecule has 1 N–H and O–H groups in total. The Labute approximate surface area is 126 Å². The minimum Gasteiger partial charge on any atom is -0.493 e. The number of nitrogens with zero attached hydrogens (tertiary/aromatic N) is 1. The quantitative estimate of drug-likeness (QED) is 0.913. The van der Waals surface area contributed by atoms with Gasteiger partial charge in [-0.25, -0.2) is 9.18 Å². The molecule has 2 aromatic rings. The van der Waals surface area contributed by atoms with Gasteiger partial charge in [-0.15, -0.1) is 0 Å². The Morgan fingerprint density at radius 1 is 1.23 bits per heavy atom. The van der Waals surface area contributed by atoms with Crippen molar-refractivity contribution in [3.8, 4) is 22.8 Å². The highest BCUT2D eigenvalue weighted by Gasteiger charge is 2.28. The molecule has 0 atom stereocenters. The van der Waals surface area contributed by atoms with Crippen LogP contribution in [-0.2, 0) is 5.67 Å². The van der Waals surface area contributed by atoms with Gasteiger partial charge in [-0.1, -0.05) is 5.16 Å². The molecule has 7 heteroatoms. The lowest BCUT2D eigenvalue weighted by Gasteiger charge is -2.20. The van der Waals surface area contributed by atoms with Crippen molar-refractivity contribution in [2.24, 2.45) is 0 Å². The molecule has 1 heterocycles. The Morgan fingerprint density at radius 3 is 2.27 bits per heavy atom. The number of hydrogen-bond acceptors (Lipinski definition) is 5. The number of carboxylic acid groups (broad SMARTS) is 1. The van der Waals surface area contributed by atoms with Crippen molar-refractivity contribution in [3.63, 3.8) is 0 Å². The van der Waals surface area contributed by atoms with Crippen LogP contribution < -0.4 is 9.47 Å². The highest BCUT2D eigenvalue weighted by atomic mass is 19.1. The number of aromatic nitrogens is 1. The maximum absolute atomic E-state index is 14.5. The smallest absolute Gasteiger partial charge is 0.358 e. The van der Waals surface area contributed by atoms with Gasteiger partial charge in [0.05, 0.1) is 14.2 Å². The molecule has 118 valence electrons. The van der Waals surface area contributed by atoms with Crippen LogP contribution in [0.15, 0.2) is 22.7 Å². The highest BCUT2D eigenvalue weighted by molar-refractivity contribution is 5.86. The maximum atomic E-state index is 14.5. The van der Waals surface area contributed by atoms with Crippen molar-refractivity contribution in [2.75, 3.05) is 14.2 Å². The fourth-order valence-electron chi connectivity index (χ4n) is 2.08. The molecule has 6 nitrogen and oxygen atoms in total. The lowest BCUT2D eigenvalue weighted by atomic mass is 9.92. The number of ether oxygens (including phenoxy) is 2. The van der Waals surface area contributed by atoms with Crippen molar-refractivity contribution in [1.29, 1.82) is 0 Å². The molecule has 0 saturated carbocycles. The van der Waals surface area contributed by atoms with Crippen LogP contribution in [0.25, 0.3) is 11.3 Å². The van der Waals surface area contributed by atoms with E-state index in [0.29, 0.717) is 17.1 Å². The fourth-order valence-corrected chi connectivity index (χ4v) is 2.08. The van der Waals surface area contributed by atoms with Crippen LogP contribution in [0.5, 0.6) is 11.5 Å². The van der Waals surface area contributed by atoms with Crippen LogP contribution >= 0.6 is 0 Å². The molecule has 22 heavy (non-hydrogen) atoms. The van der Waals surface area contributed by atoms with E-state index in [4.69, 9.17) is 19.1 Å². The summed E-state index contributed by atoms with van der Waals surface area (Å²) in [5.41, 5.74) is -1.33. The van der Waals surface area contributed by atoms with Gasteiger partial charge < -0.3 is 19.1 Å². The van der Waals surface area contributed by atoms with Crippen LogP contribution in [-0.4, -0.2) is 30.5 Å².